The molecule has 1 heterocycles. The summed E-state index contributed by atoms with van der Waals surface area (Å²) in [5, 5.41) is 2.85. The Morgan fingerprint density at radius 2 is 1.73 bits per heavy atom. The second-order valence-electron chi connectivity index (χ2n) is 6.07. The van der Waals surface area contributed by atoms with Gasteiger partial charge in [0.25, 0.3) is 5.91 Å². The number of methoxy groups -OCH3 is 2. The van der Waals surface area contributed by atoms with Crippen LogP contribution in [0.3, 0.4) is 0 Å². The number of carbonyl (C=O) groups excluding carboxylic acids is 2. The van der Waals surface area contributed by atoms with Crippen LogP contribution in [0.25, 0.3) is 0 Å². The Morgan fingerprint density at radius 3 is 2.38 bits per heavy atom. The lowest BCUT2D eigenvalue weighted by Crippen LogP contribution is -2.35. The summed E-state index contributed by atoms with van der Waals surface area (Å²) in [7, 11) is 3.08. The highest BCUT2D eigenvalue weighted by Gasteiger charge is 2.19. The number of hydrogen-bond acceptors (Lipinski definition) is 4. The number of carbonyl (C=O) groups is 2. The first kappa shape index (κ1) is 17.8. The summed E-state index contributed by atoms with van der Waals surface area (Å²) in [4.78, 5) is 26.2. The maximum atomic E-state index is 12.4. The molecule has 1 aliphatic heterocycles. The quantitative estimate of drug-likeness (QED) is 0.893. The fourth-order valence-corrected chi connectivity index (χ4v) is 2.98. The number of nitrogens with zero attached hydrogens (tertiary/aromatic N) is 1. The minimum absolute atomic E-state index is 0.151. The zero-order valence-corrected chi connectivity index (χ0v) is 15.0. The van der Waals surface area contributed by atoms with Crippen LogP contribution in [0.1, 0.15) is 29.6 Å². The van der Waals surface area contributed by atoms with Crippen LogP contribution in [0, 0.1) is 0 Å². The van der Waals surface area contributed by atoms with Gasteiger partial charge in [0.15, 0.2) is 11.5 Å². The Balaban J connectivity index is 1.70. The van der Waals surface area contributed by atoms with Crippen molar-refractivity contribution < 1.29 is 19.1 Å². The highest BCUT2D eigenvalue weighted by atomic mass is 16.5. The van der Waals surface area contributed by atoms with Crippen molar-refractivity contribution in [2.24, 2.45) is 0 Å². The van der Waals surface area contributed by atoms with E-state index in [2.05, 4.69) is 5.32 Å². The topological polar surface area (TPSA) is 67.9 Å². The Kier molecular flexibility index (Phi) is 5.41. The van der Waals surface area contributed by atoms with Crippen LogP contribution >= 0.6 is 0 Å². The first-order valence-electron chi connectivity index (χ1n) is 8.56. The van der Waals surface area contributed by atoms with Gasteiger partial charge >= 0.3 is 0 Å². The largest absolute Gasteiger partial charge is 0.493 e. The average molecular weight is 354 g/mol. The number of amides is 2. The van der Waals surface area contributed by atoms with Crippen LogP contribution in [-0.2, 0) is 4.79 Å². The molecule has 0 spiro atoms. The molecule has 1 aliphatic rings. The maximum Gasteiger partial charge on any atom is 0.255 e. The molecule has 26 heavy (non-hydrogen) atoms. The van der Waals surface area contributed by atoms with E-state index in [-0.39, 0.29) is 11.8 Å². The number of benzene rings is 2. The molecular formula is C20H22N2O4. The van der Waals surface area contributed by atoms with Crippen molar-refractivity contribution >= 4 is 23.2 Å². The van der Waals surface area contributed by atoms with E-state index in [1.54, 1.807) is 42.3 Å². The third kappa shape index (κ3) is 3.79. The summed E-state index contributed by atoms with van der Waals surface area (Å²) >= 11 is 0. The molecule has 0 unspecified atom stereocenters. The van der Waals surface area contributed by atoms with Gasteiger partial charge in [-0.1, -0.05) is 0 Å². The van der Waals surface area contributed by atoms with Gasteiger partial charge in [-0.2, -0.15) is 0 Å². The monoisotopic (exact) mass is 354 g/mol. The lowest BCUT2D eigenvalue weighted by molar-refractivity contribution is -0.119. The number of nitrogens with one attached hydrogen (secondary N) is 1. The minimum atomic E-state index is -0.243. The van der Waals surface area contributed by atoms with Gasteiger partial charge in [-0.3, -0.25) is 9.59 Å². The van der Waals surface area contributed by atoms with Crippen molar-refractivity contribution in [3.05, 3.63) is 48.0 Å². The predicted octanol–water partition coefficient (Wildman–Crippen LogP) is 3.47. The Morgan fingerprint density at radius 1 is 1.00 bits per heavy atom. The summed E-state index contributed by atoms with van der Waals surface area (Å²) < 4.78 is 10.4. The second-order valence-corrected chi connectivity index (χ2v) is 6.07. The maximum absolute atomic E-state index is 12.4. The fourth-order valence-electron chi connectivity index (χ4n) is 2.98. The molecule has 0 atom stereocenters. The van der Waals surface area contributed by atoms with Crippen LogP contribution in [0.5, 0.6) is 11.5 Å². The number of ether oxygens (including phenoxy) is 2. The number of piperidine rings is 1. The van der Waals surface area contributed by atoms with E-state index in [0.29, 0.717) is 29.2 Å². The molecule has 6 heteroatoms. The minimum Gasteiger partial charge on any atom is -0.493 e. The Labute approximate surface area is 152 Å². The predicted molar refractivity (Wildman–Crippen MR) is 100 cm³/mol. The van der Waals surface area contributed by atoms with Gasteiger partial charge in [0, 0.05) is 29.9 Å². The smallest absolute Gasteiger partial charge is 0.255 e. The van der Waals surface area contributed by atoms with Crippen LogP contribution < -0.4 is 19.7 Å². The lowest BCUT2D eigenvalue weighted by Gasteiger charge is -2.26. The fraction of sp³-hybridized carbons (Fsp3) is 0.300. The van der Waals surface area contributed by atoms with E-state index >= 15 is 0 Å². The molecule has 3 rings (SSSR count). The van der Waals surface area contributed by atoms with Crippen LogP contribution in [0.15, 0.2) is 42.5 Å². The molecule has 2 aromatic carbocycles. The highest BCUT2D eigenvalue weighted by Crippen LogP contribution is 2.28. The zero-order valence-electron chi connectivity index (χ0n) is 15.0. The summed E-state index contributed by atoms with van der Waals surface area (Å²) in [6.45, 7) is 0.746. The summed E-state index contributed by atoms with van der Waals surface area (Å²) in [5.41, 5.74) is 2.00. The molecule has 0 bridgehead atoms. The molecule has 0 aromatic heterocycles. The highest BCUT2D eigenvalue weighted by molar-refractivity contribution is 6.05. The van der Waals surface area contributed by atoms with Gasteiger partial charge in [0.05, 0.1) is 14.2 Å². The molecule has 0 radical (unpaired) electrons. The summed E-state index contributed by atoms with van der Waals surface area (Å²) in [6, 6.07) is 12.3. The van der Waals surface area contributed by atoms with Crippen LogP contribution in [-0.4, -0.2) is 32.6 Å². The molecule has 2 amide bonds. The van der Waals surface area contributed by atoms with Crippen molar-refractivity contribution in [1.82, 2.24) is 0 Å². The third-order valence-corrected chi connectivity index (χ3v) is 4.41. The summed E-state index contributed by atoms with van der Waals surface area (Å²) in [5.74, 6) is 0.977. The molecule has 1 fully saturated rings. The van der Waals surface area contributed by atoms with Crippen LogP contribution in [0.2, 0.25) is 0 Å². The molecule has 136 valence electrons. The molecule has 1 saturated heterocycles. The van der Waals surface area contributed by atoms with Crippen molar-refractivity contribution in [2.45, 2.75) is 19.3 Å². The van der Waals surface area contributed by atoms with Crippen LogP contribution in [0.4, 0.5) is 11.4 Å². The molecule has 0 aliphatic carbocycles. The van der Waals surface area contributed by atoms with Crippen molar-refractivity contribution in [1.29, 1.82) is 0 Å². The standard InChI is InChI=1S/C20H22N2O4/c1-25-17-11-6-14(13-18(17)26-2)20(24)21-15-7-9-16(10-8-15)22-12-4-3-5-19(22)23/h6-11,13H,3-5,12H2,1-2H3,(H,21,24). The van der Waals surface area contributed by atoms with Crippen molar-refractivity contribution in [2.75, 3.05) is 31.0 Å². The van der Waals surface area contributed by atoms with Gasteiger partial charge in [0.1, 0.15) is 0 Å². The van der Waals surface area contributed by atoms with Gasteiger partial charge in [0.2, 0.25) is 5.91 Å². The molecule has 6 nitrogen and oxygen atoms in total. The molecule has 1 N–H and O–H groups in total. The Bertz CT molecular complexity index is 802. The van der Waals surface area contributed by atoms with Gasteiger partial charge in [-0.15, -0.1) is 0 Å². The third-order valence-electron chi connectivity index (χ3n) is 4.41. The van der Waals surface area contributed by atoms with E-state index in [4.69, 9.17) is 9.47 Å². The van der Waals surface area contributed by atoms with E-state index in [9.17, 15) is 9.59 Å². The normalized spacial score (nSPS) is 14.1. The molecule has 2 aromatic rings. The van der Waals surface area contributed by atoms with Gasteiger partial charge in [-0.05, 0) is 55.3 Å². The average Bonchev–Trinajstić information content (AvgIpc) is 2.68. The SMILES string of the molecule is COc1ccc(C(=O)Nc2ccc(N3CCCCC3=O)cc2)cc1OC. The molecular weight excluding hydrogens is 332 g/mol. The van der Waals surface area contributed by atoms with Crippen molar-refractivity contribution in [3.8, 4) is 11.5 Å². The van der Waals surface area contributed by atoms with E-state index in [1.165, 1.54) is 7.11 Å². The van der Waals surface area contributed by atoms with E-state index in [1.807, 2.05) is 12.1 Å². The van der Waals surface area contributed by atoms with Crippen molar-refractivity contribution in [3.63, 3.8) is 0 Å². The summed E-state index contributed by atoms with van der Waals surface area (Å²) in [6.07, 6.45) is 2.57. The number of anilines is 2. The molecule has 0 saturated carbocycles. The first-order chi connectivity index (χ1) is 12.6. The first-order valence-corrected chi connectivity index (χ1v) is 8.56. The van der Waals surface area contributed by atoms with E-state index < -0.39 is 0 Å². The lowest BCUT2D eigenvalue weighted by atomic mass is 10.1. The number of rotatable bonds is 5. The van der Waals surface area contributed by atoms with Gasteiger partial charge in [-0.25, -0.2) is 0 Å². The Hall–Kier alpha value is -3.02. The second kappa shape index (κ2) is 7.91. The van der Waals surface area contributed by atoms with E-state index in [0.717, 1.165) is 25.1 Å². The van der Waals surface area contributed by atoms with Gasteiger partial charge < -0.3 is 19.7 Å². The number of hydrogen-bond donors (Lipinski definition) is 1. The zero-order chi connectivity index (χ0) is 18.5.